The highest BCUT2D eigenvalue weighted by Gasteiger charge is 2.19. The lowest BCUT2D eigenvalue weighted by atomic mass is 9.86. The first-order valence-electron chi connectivity index (χ1n) is 9.13. The lowest BCUT2D eigenvalue weighted by Gasteiger charge is -2.22. The maximum atomic E-state index is 4.85. The molecule has 2 nitrogen and oxygen atoms in total. The summed E-state index contributed by atoms with van der Waals surface area (Å²) in [6, 6.07) is 8.82. The van der Waals surface area contributed by atoms with Gasteiger partial charge in [0.15, 0.2) is 5.82 Å². The summed E-state index contributed by atoms with van der Waals surface area (Å²) >= 11 is 0. The molecule has 0 radical (unpaired) electrons. The van der Waals surface area contributed by atoms with E-state index in [0.29, 0.717) is 0 Å². The Morgan fingerprint density at radius 3 is 2.65 bits per heavy atom. The zero-order valence-corrected chi connectivity index (χ0v) is 14.7. The summed E-state index contributed by atoms with van der Waals surface area (Å²) in [6.07, 6.45) is 9.24. The molecule has 1 aromatic carbocycles. The van der Waals surface area contributed by atoms with Crippen molar-refractivity contribution in [2.24, 2.45) is 11.8 Å². The van der Waals surface area contributed by atoms with Crippen molar-refractivity contribution in [3.8, 4) is 11.4 Å². The second-order valence-corrected chi connectivity index (χ2v) is 7.10. The molecule has 0 bridgehead atoms. The number of nitrogens with zero attached hydrogens (tertiary/aromatic N) is 2. The minimum atomic E-state index is 0.743. The second-order valence-electron chi connectivity index (χ2n) is 7.10. The molecule has 1 heterocycles. The fraction of sp³-hybridized carbons (Fsp3) is 0.524. The average Bonchev–Trinajstić information content (AvgIpc) is 2.61. The summed E-state index contributed by atoms with van der Waals surface area (Å²) in [5, 5.41) is 0. The van der Waals surface area contributed by atoms with E-state index >= 15 is 0 Å². The molecule has 0 spiro atoms. The molecule has 0 saturated carbocycles. The Hall–Kier alpha value is -1.70. The van der Waals surface area contributed by atoms with E-state index in [-0.39, 0.29) is 0 Å². The molecule has 0 fully saturated rings. The average molecular weight is 308 g/mol. The third-order valence-electron chi connectivity index (χ3n) is 5.32. The van der Waals surface area contributed by atoms with Crippen LogP contribution in [0.1, 0.15) is 56.9 Å². The van der Waals surface area contributed by atoms with Crippen molar-refractivity contribution in [3.05, 3.63) is 47.3 Å². The molecule has 1 aliphatic rings. The van der Waals surface area contributed by atoms with Gasteiger partial charge in [-0.05, 0) is 48.6 Å². The van der Waals surface area contributed by atoms with Crippen LogP contribution in [-0.2, 0) is 19.3 Å². The normalized spacial score (nSPS) is 18.5. The molecule has 2 atom stereocenters. The Bertz CT molecular complexity index is 645. The standard InChI is InChI=1S/C21H28N2/c1-4-15(3)12-17-6-9-18(10-7-17)21-22-14-19-13-16(5-2)8-11-20(19)23-21/h6-7,9-10,14-16H,4-5,8,11-13H2,1-3H3. The van der Waals surface area contributed by atoms with E-state index in [1.165, 1.54) is 36.1 Å². The number of hydrogen-bond donors (Lipinski definition) is 0. The van der Waals surface area contributed by atoms with Crippen molar-refractivity contribution >= 4 is 0 Å². The summed E-state index contributed by atoms with van der Waals surface area (Å²) in [5.74, 6) is 2.44. The van der Waals surface area contributed by atoms with Crippen LogP contribution in [0.5, 0.6) is 0 Å². The van der Waals surface area contributed by atoms with Crippen molar-refractivity contribution in [2.45, 2.75) is 59.3 Å². The van der Waals surface area contributed by atoms with Crippen molar-refractivity contribution in [1.82, 2.24) is 9.97 Å². The maximum Gasteiger partial charge on any atom is 0.159 e. The van der Waals surface area contributed by atoms with Gasteiger partial charge in [-0.1, -0.05) is 57.9 Å². The number of rotatable bonds is 5. The highest BCUT2D eigenvalue weighted by atomic mass is 14.9. The van der Waals surface area contributed by atoms with Gasteiger partial charge in [0.2, 0.25) is 0 Å². The van der Waals surface area contributed by atoms with Crippen molar-refractivity contribution in [3.63, 3.8) is 0 Å². The summed E-state index contributed by atoms with van der Waals surface area (Å²) in [5.41, 5.74) is 5.17. The predicted octanol–water partition coefficient (Wildman–Crippen LogP) is 5.25. The van der Waals surface area contributed by atoms with Crippen LogP contribution in [0.25, 0.3) is 11.4 Å². The summed E-state index contributed by atoms with van der Waals surface area (Å²) in [7, 11) is 0. The molecule has 3 rings (SSSR count). The molecule has 1 aromatic heterocycles. The van der Waals surface area contributed by atoms with Gasteiger partial charge in [0.05, 0.1) is 0 Å². The highest BCUT2D eigenvalue weighted by Crippen LogP contribution is 2.27. The van der Waals surface area contributed by atoms with Crippen LogP contribution in [0.2, 0.25) is 0 Å². The lowest BCUT2D eigenvalue weighted by Crippen LogP contribution is -2.15. The third kappa shape index (κ3) is 3.80. The zero-order valence-electron chi connectivity index (χ0n) is 14.7. The van der Waals surface area contributed by atoms with E-state index in [2.05, 4.69) is 56.2 Å². The van der Waals surface area contributed by atoms with Crippen LogP contribution in [0.4, 0.5) is 0 Å². The topological polar surface area (TPSA) is 25.8 Å². The van der Waals surface area contributed by atoms with Gasteiger partial charge in [-0.25, -0.2) is 9.97 Å². The van der Waals surface area contributed by atoms with E-state index in [1.807, 2.05) is 0 Å². The van der Waals surface area contributed by atoms with Crippen LogP contribution < -0.4 is 0 Å². The second kappa shape index (κ2) is 7.25. The third-order valence-corrected chi connectivity index (χ3v) is 5.32. The fourth-order valence-electron chi connectivity index (χ4n) is 3.41. The maximum absolute atomic E-state index is 4.85. The number of fused-ring (bicyclic) bond motifs is 1. The van der Waals surface area contributed by atoms with Gasteiger partial charge in [0, 0.05) is 17.5 Å². The Morgan fingerprint density at radius 1 is 1.17 bits per heavy atom. The fourth-order valence-corrected chi connectivity index (χ4v) is 3.41. The van der Waals surface area contributed by atoms with E-state index in [0.717, 1.165) is 42.5 Å². The summed E-state index contributed by atoms with van der Waals surface area (Å²) in [4.78, 5) is 9.47. The Kier molecular flexibility index (Phi) is 5.09. The molecular formula is C21H28N2. The van der Waals surface area contributed by atoms with Crippen LogP contribution in [-0.4, -0.2) is 9.97 Å². The van der Waals surface area contributed by atoms with Crippen LogP contribution >= 0.6 is 0 Å². The lowest BCUT2D eigenvalue weighted by molar-refractivity contribution is 0.439. The first kappa shape index (κ1) is 16.2. The highest BCUT2D eigenvalue weighted by molar-refractivity contribution is 5.55. The van der Waals surface area contributed by atoms with Crippen molar-refractivity contribution in [1.29, 1.82) is 0 Å². The molecule has 0 saturated heterocycles. The van der Waals surface area contributed by atoms with Gasteiger partial charge in [0.25, 0.3) is 0 Å². The SMILES string of the molecule is CCC(C)Cc1ccc(-c2ncc3c(n2)CCC(CC)C3)cc1. The van der Waals surface area contributed by atoms with Gasteiger partial charge >= 0.3 is 0 Å². The van der Waals surface area contributed by atoms with E-state index in [9.17, 15) is 0 Å². The number of aryl methyl sites for hydroxylation is 1. The predicted molar refractivity (Wildman–Crippen MR) is 96.4 cm³/mol. The Labute approximate surface area is 140 Å². The van der Waals surface area contributed by atoms with Gasteiger partial charge in [-0.3, -0.25) is 0 Å². The van der Waals surface area contributed by atoms with E-state index < -0.39 is 0 Å². The quantitative estimate of drug-likeness (QED) is 0.754. The van der Waals surface area contributed by atoms with Crippen LogP contribution in [0.3, 0.4) is 0 Å². The molecule has 23 heavy (non-hydrogen) atoms. The smallest absolute Gasteiger partial charge is 0.159 e. The van der Waals surface area contributed by atoms with E-state index in [4.69, 9.17) is 4.98 Å². The van der Waals surface area contributed by atoms with Crippen molar-refractivity contribution < 1.29 is 0 Å². The molecule has 2 aromatic rings. The molecular weight excluding hydrogens is 280 g/mol. The van der Waals surface area contributed by atoms with Crippen LogP contribution in [0.15, 0.2) is 30.5 Å². The largest absolute Gasteiger partial charge is 0.236 e. The number of benzene rings is 1. The van der Waals surface area contributed by atoms with E-state index in [1.54, 1.807) is 0 Å². The molecule has 2 unspecified atom stereocenters. The van der Waals surface area contributed by atoms with Crippen molar-refractivity contribution in [2.75, 3.05) is 0 Å². The molecule has 0 aliphatic heterocycles. The Morgan fingerprint density at radius 2 is 1.96 bits per heavy atom. The first-order chi connectivity index (χ1) is 11.2. The minimum Gasteiger partial charge on any atom is -0.236 e. The van der Waals surface area contributed by atoms with Gasteiger partial charge < -0.3 is 0 Å². The molecule has 122 valence electrons. The minimum absolute atomic E-state index is 0.743. The molecule has 1 aliphatic carbocycles. The summed E-state index contributed by atoms with van der Waals surface area (Å²) in [6.45, 7) is 6.85. The molecule has 0 amide bonds. The molecule has 0 N–H and O–H groups in total. The molecule has 2 heteroatoms. The Balaban J connectivity index is 1.77. The zero-order chi connectivity index (χ0) is 16.2. The van der Waals surface area contributed by atoms with Gasteiger partial charge in [-0.2, -0.15) is 0 Å². The summed E-state index contributed by atoms with van der Waals surface area (Å²) < 4.78 is 0. The number of aromatic nitrogens is 2. The van der Waals surface area contributed by atoms with Gasteiger partial charge in [-0.15, -0.1) is 0 Å². The van der Waals surface area contributed by atoms with Gasteiger partial charge in [0.1, 0.15) is 0 Å². The number of hydrogen-bond acceptors (Lipinski definition) is 2. The monoisotopic (exact) mass is 308 g/mol. The van der Waals surface area contributed by atoms with Crippen LogP contribution in [0, 0.1) is 11.8 Å². The first-order valence-corrected chi connectivity index (χ1v) is 9.13.